The van der Waals surface area contributed by atoms with Crippen molar-refractivity contribution in [1.29, 1.82) is 0 Å². The molecule has 5 nitrogen and oxygen atoms in total. The van der Waals surface area contributed by atoms with Gasteiger partial charge in [0.15, 0.2) is 6.61 Å². The van der Waals surface area contributed by atoms with Gasteiger partial charge in [-0.2, -0.15) is 0 Å². The van der Waals surface area contributed by atoms with E-state index in [2.05, 4.69) is 12.1 Å². The second kappa shape index (κ2) is 7.02. The van der Waals surface area contributed by atoms with E-state index in [4.69, 9.17) is 10.5 Å². The predicted molar refractivity (Wildman–Crippen MR) is 87.1 cm³/mol. The van der Waals surface area contributed by atoms with Gasteiger partial charge in [-0.1, -0.05) is 6.07 Å². The van der Waals surface area contributed by atoms with Gasteiger partial charge in [0.05, 0.1) is 0 Å². The molecular weight excluding hydrogens is 292 g/mol. The summed E-state index contributed by atoms with van der Waals surface area (Å²) in [6, 6.07) is 6.14. The quantitative estimate of drug-likeness (QED) is 0.918. The molecule has 0 atom stereocenters. The van der Waals surface area contributed by atoms with E-state index in [1.54, 1.807) is 4.90 Å². The number of primary amides is 1. The first kappa shape index (κ1) is 15.8. The molecular formula is C18H24N2O3. The van der Waals surface area contributed by atoms with Gasteiger partial charge in [-0.25, -0.2) is 0 Å². The number of aryl methyl sites for hydroxylation is 2. The van der Waals surface area contributed by atoms with Crippen molar-refractivity contribution in [2.45, 2.75) is 38.5 Å². The third-order valence-corrected chi connectivity index (χ3v) is 4.93. The number of rotatable bonds is 4. The number of fused-ring (bicyclic) bond motifs is 1. The highest BCUT2D eigenvalue weighted by Crippen LogP contribution is 2.25. The molecule has 1 saturated heterocycles. The molecule has 2 N–H and O–H groups in total. The molecule has 2 aliphatic rings. The van der Waals surface area contributed by atoms with Crippen molar-refractivity contribution in [2.75, 3.05) is 19.7 Å². The summed E-state index contributed by atoms with van der Waals surface area (Å²) in [5.41, 5.74) is 8.07. The van der Waals surface area contributed by atoms with Crippen LogP contribution in [0.2, 0.25) is 0 Å². The molecule has 1 fully saturated rings. The zero-order chi connectivity index (χ0) is 16.2. The van der Waals surface area contributed by atoms with Gasteiger partial charge in [0.2, 0.25) is 5.91 Å². The minimum absolute atomic E-state index is 0.0226. The Morgan fingerprint density at radius 2 is 1.83 bits per heavy atom. The molecule has 5 heteroatoms. The molecule has 0 aromatic heterocycles. The first-order valence-electron chi connectivity index (χ1n) is 8.45. The number of hydrogen-bond donors (Lipinski definition) is 1. The van der Waals surface area contributed by atoms with Gasteiger partial charge in [-0.3, -0.25) is 9.59 Å². The standard InChI is InChI=1S/C18H24N2O3/c19-18(22)14-7-9-20(10-8-14)17(21)12-23-16-6-5-13-3-1-2-4-15(13)11-16/h5-6,11,14H,1-4,7-10,12H2,(H2,19,22). The number of nitrogens with zero attached hydrogens (tertiary/aromatic N) is 1. The maximum Gasteiger partial charge on any atom is 0.260 e. The summed E-state index contributed by atoms with van der Waals surface area (Å²) in [5, 5.41) is 0. The Kier molecular flexibility index (Phi) is 4.84. The normalized spacial score (nSPS) is 18.3. The summed E-state index contributed by atoms with van der Waals surface area (Å²) in [7, 11) is 0. The minimum atomic E-state index is -0.262. The number of benzene rings is 1. The fourth-order valence-electron chi connectivity index (χ4n) is 3.45. The van der Waals surface area contributed by atoms with E-state index in [0.717, 1.165) is 18.6 Å². The van der Waals surface area contributed by atoms with Crippen LogP contribution in [0.4, 0.5) is 0 Å². The van der Waals surface area contributed by atoms with E-state index in [1.165, 1.54) is 24.0 Å². The molecule has 1 aliphatic carbocycles. The van der Waals surface area contributed by atoms with Crippen LogP contribution in [-0.2, 0) is 22.4 Å². The fourth-order valence-corrected chi connectivity index (χ4v) is 3.45. The van der Waals surface area contributed by atoms with Crippen LogP contribution in [0.5, 0.6) is 5.75 Å². The number of ether oxygens (including phenoxy) is 1. The molecule has 0 unspecified atom stereocenters. The van der Waals surface area contributed by atoms with Crippen LogP contribution in [0.25, 0.3) is 0 Å². The van der Waals surface area contributed by atoms with Gasteiger partial charge in [0, 0.05) is 19.0 Å². The van der Waals surface area contributed by atoms with Crippen LogP contribution in [0, 0.1) is 5.92 Å². The molecule has 0 saturated carbocycles. The zero-order valence-corrected chi connectivity index (χ0v) is 13.4. The van der Waals surface area contributed by atoms with Gasteiger partial charge in [-0.05, 0) is 61.8 Å². The Bertz CT molecular complexity index is 592. The first-order valence-corrected chi connectivity index (χ1v) is 8.45. The number of likely N-dealkylation sites (tertiary alicyclic amines) is 1. The highest BCUT2D eigenvalue weighted by molar-refractivity contribution is 5.79. The van der Waals surface area contributed by atoms with E-state index in [1.807, 2.05) is 6.07 Å². The molecule has 124 valence electrons. The van der Waals surface area contributed by atoms with Crippen molar-refractivity contribution in [3.05, 3.63) is 29.3 Å². The summed E-state index contributed by atoms with van der Waals surface area (Å²) in [5.74, 6) is 0.389. The lowest BCUT2D eigenvalue weighted by Gasteiger charge is -2.30. The number of carbonyl (C=O) groups is 2. The largest absolute Gasteiger partial charge is 0.484 e. The average molecular weight is 316 g/mol. The van der Waals surface area contributed by atoms with Crippen LogP contribution >= 0.6 is 0 Å². The van der Waals surface area contributed by atoms with Crippen LogP contribution in [-0.4, -0.2) is 36.4 Å². The third-order valence-electron chi connectivity index (χ3n) is 4.93. The molecule has 0 spiro atoms. The molecule has 23 heavy (non-hydrogen) atoms. The monoisotopic (exact) mass is 316 g/mol. The highest BCUT2D eigenvalue weighted by Gasteiger charge is 2.26. The smallest absolute Gasteiger partial charge is 0.260 e. The van der Waals surface area contributed by atoms with Gasteiger partial charge in [0.1, 0.15) is 5.75 Å². The molecule has 1 aromatic carbocycles. The van der Waals surface area contributed by atoms with Gasteiger partial charge < -0.3 is 15.4 Å². The van der Waals surface area contributed by atoms with Crippen LogP contribution in [0.3, 0.4) is 0 Å². The van der Waals surface area contributed by atoms with Gasteiger partial charge in [0.25, 0.3) is 5.91 Å². The number of nitrogens with two attached hydrogens (primary N) is 1. The number of amides is 2. The lowest BCUT2D eigenvalue weighted by molar-refractivity contribution is -0.136. The molecule has 0 radical (unpaired) electrons. The first-order chi connectivity index (χ1) is 11.1. The Hall–Kier alpha value is -2.04. The number of piperidine rings is 1. The Balaban J connectivity index is 1.50. The maximum absolute atomic E-state index is 12.2. The van der Waals surface area contributed by atoms with Gasteiger partial charge in [-0.15, -0.1) is 0 Å². The van der Waals surface area contributed by atoms with Crippen molar-refractivity contribution in [2.24, 2.45) is 11.7 Å². The van der Waals surface area contributed by atoms with Crippen molar-refractivity contribution < 1.29 is 14.3 Å². The highest BCUT2D eigenvalue weighted by atomic mass is 16.5. The molecule has 1 aromatic rings. The maximum atomic E-state index is 12.2. The molecule has 2 amide bonds. The van der Waals surface area contributed by atoms with Crippen molar-refractivity contribution in [1.82, 2.24) is 4.90 Å². The van der Waals surface area contributed by atoms with Crippen LogP contribution < -0.4 is 10.5 Å². The third kappa shape index (κ3) is 3.84. The lowest BCUT2D eigenvalue weighted by Crippen LogP contribution is -2.43. The second-order valence-corrected chi connectivity index (χ2v) is 6.48. The minimum Gasteiger partial charge on any atom is -0.484 e. The van der Waals surface area contributed by atoms with Crippen LogP contribution in [0.15, 0.2) is 18.2 Å². The van der Waals surface area contributed by atoms with E-state index in [-0.39, 0.29) is 24.3 Å². The van der Waals surface area contributed by atoms with E-state index in [9.17, 15) is 9.59 Å². The lowest BCUT2D eigenvalue weighted by atomic mass is 9.92. The summed E-state index contributed by atoms with van der Waals surface area (Å²) >= 11 is 0. The van der Waals surface area contributed by atoms with Crippen molar-refractivity contribution in [3.8, 4) is 5.75 Å². The zero-order valence-electron chi connectivity index (χ0n) is 13.4. The second-order valence-electron chi connectivity index (χ2n) is 6.48. The van der Waals surface area contributed by atoms with E-state index < -0.39 is 0 Å². The molecule has 3 rings (SSSR count). The summed E-state index contributed by atoms with van der Waals surface area (Å²) in [4.78, 5) is 25.1. The Morgan fingerprint density at radius 1 is 1.13 bits per heavy atom. The van der Waals surface area contributed by atoms with E-state index in [0.29, 0.717) is 25.9 Å². The molecule has 0 bridgehead atoms. The van der Waals surface area contributed by atoms with E-state index >= 15 is 0 Å². The van der Waals surface area contributed by atoms with Crippen LogP contribution in [0.1, 0.15) is 36.8 Å². The van der Waals surface area contributed by atoms with Crippen molar-refractivity contribution >= 4 is 11.8 Å². The van der Waals surface area contributed by atoms with Crippen molar-refractivity contribution in [3.63, 3.8) is 0 Å². The number of hydrogen-bond acceptors (Lipinski definition) is 3. The topological polar surface area (TPSA) is 72.6 Å². The number of carbonyl (C=O) groups excluding carboxylic acids is 2. The molecule has 1 heterocycles. The summed E-state index contributed by atoms with van der Waals surface area (Å²) in [6.07, 6.45) is 6.03. The predicted octanol–water partition coefficient (Wildman–Crippen LogP) is 1.67. The fraction of sp³-hybridized carbons (Fsp3) is 0.556. The average Bonchev–Trinajstić information content (AvgIpc) is 2.59. The Labute approximate surface area is 136 Å². The SMILES string of the molecule is NC(=O)C1CCN(C(=O)COc2ccc3c(c2)CCCC3)CC1. The summed E-state index contributed by atoms with van der Waals surface area (Å²) in [6.45, 7) is 1.22. The van der Waals surface area contributed by atoms with Gasteiger partial charge >= 0.3 is 0 Å². The molecule has 1 aliphatic heterocycles. The Morgan fingerprint density at radius 3 is 2.52 bits per heavy atom. The summed E-state index contributed by atoms with van der Waals surface area (Å²) < 4.78 is 5.68.